The highest BCUT2D eigenvalue weighted by Crippen LogP contribution is 2.26. The number of benzene rings is 2. The fourth-order valence-electron chi connectivity index (χ4n) is 4.25. The number of likely N-dealkylation sites (tertiary alicyclic amines) is 1. The predicted molar refractivity (Wildman–Crippen MR) is 122 cm³/mol. The summed E-state index contributed by atoms with van der Waals surface area (Å²) in [4.78, 5) is 32.5. The number of piperidine rings is 1. The lowest BCUT2D eigenvalue weighted by Gasteiger charge is -2.33. The molecule has 0 unspecified atom stereocenters. The highest BCUT2D eigenvalue weighted by Gasteiger charge is 2.35. The number of sulfonamides is 1. The van der Waals surface area contributed by atoms with Crippen LogP contribution in [-0.2, 0) is 14.8 Å². The number of carbonyl (C=O) groups excluding carboxylic acids is 2. The first-order chi connectivity index (χ1) is 15.3. The minimum Gasteiger partial charge on any atom is -0.341 e. The lowest BCUT2D eigenvalue weighted by atomic mass is 9.88. The van der Waals surface area contributed by atoms with Crippen LogP contribution >= 0.6 is 0 Å². The zero-order chi connectivity index (χ0) is 22.9. The molecule has 1 N–H and O–H groups in total. The first kappa shape index (κ1) is 22.2. The van der Waals surface area contributed by atoms with Crippen LogP contribution in [0.25, 0.3) is 0 Å². The summed E-state index contributed by atoms with van der Waals surface area (Å²) >= 11 is 0. The van der Waals surface area contributed by atoms with E-state index in [1.54, 1.807) is 23.1 Å². The van der Waals surface area contributed by atoms with Crippen LogP contribution < -0.4 is 4.72 Å². The molecule has 0 bridgehead atoms. The molecule has 0 radical (unpaired) electrons. The molecule has 32 heavy (non-hydrogen) atoms. The van der Waals surface area contributed by atoms with Crippen molar-refractivity contribution < 1.29 is 18.0 Å². The summed E-state index contributed by atoms with van der Waals surface area (Å²) in [5, 5.41) is 0. The molecule has 168 valence electrons. The van der Waals surface area contributed by atoms with E-state index in [2.05, 4.69) is 9.71 Å². The number of amidine groups is 1. The van der Waals surface area contributed by atoms with Crippen molar-refractivity contribution in [3.63, 3.8) is 0 Å². The SMILES string of the molecule is CC(C)[C@H](N=C1NS(=O)(=O)c2ccccc21)C(=O)N1CCC(C(=O)c2ccccc2)CC1. The minimum atomic E-state index is -3.66. The monoisotopic (exact) mass is 453 g/mol. The van der Waals surface area contributed by atoms with Crippen molar-refractivity contribution in [1.29, 1.82) is 0 Å². The Morgan fingerprint density at radius 2 is 1.62 bits per heavy atom. The Hall–Kier alpha value is -3.00. The zero-order valence-electron chi connectivity index (χ0n) is 18.2. The number of nitrogens with zero attached hydrogens (tertiary/aromatic N) is 2. The van der Waals surface area contributed by atoms with Crippen molar-refractivity contribution in [3.05, 3.63) is 65.7 Å². The molecule has 0 spiro atoms. The van der Waals surface area contributed by atoms with E-state index in [9.17, 15) is 18.0 Å². The molecule has 4 rings (SSSR count). The topological polar surface area (TPSA) is 95.9 Å². The third kappa shape index (κ3) is 4.32. The van der Waals surface area contributed by atoms with Crippen molar-refractivity contribution in [2.75, 3.05) is 13.1 Å². The summed E-state index contributed by atoms with van der Waals surface area (Å²) in [6.07, 6.45) is 1.21. The fraction of sp³-hybridized carbons (Fsp3) is 0.375. The van der Waals surface area contributed by atoms with Gasteiger partial charge in [0.25, 0.3) is 10.0 Å². The van der Waals surface area contributed by atoms with Crippen molar-refractivity contribution in [3.8, 4) is 0 Å². The van der Waals surface area contributed by atoms with Gasteiger partial charge >= 0.3 is 0 Å². The lowest BCUT2D eigenvalue weighted by Crippen LogP contribution is -2.46. The summed E-state index contributed by atoms with van der Waals surface area (Å²) in [5.74, 6) is -0.0199. The van der Waals surface area contributed by atoms with Gasteiger partial charge in [-0.1, -0.05) is 56.3 Å². The van der Waals surface area contributed by atoms with Crippen LogP contribution in [0.1, 0.15) is 42.6 Å². The van der Waals surface area contributed by atoms with E-state index in [0.29, 0.717) is 37.1 Å². The van der Waals surface area contributed by atoms with Crippen LogP contribution in [0.3, 0.4) is 0 Å². The Labute approximate surface area is 188 Å². The van der Waals surface area contributed by atoms with Crippen molar-refractivity contribution in [2.24, 2.45) is 16.8 Å². The van der Waals surface area contributed by atoms with Gasteiger partial charge in [0.05, 0.1) is 4.90 Å². The first-order valence-electron chi connectivity index (χ1n) is 10.9. The standard InChI is InChI=1S/C24H27N3O4S/c1-16(2)21(25-23-19-10-6-7-11-20(19)32(30,31)26-23)24(29)27-14-12-18(13-15-27)22(28)17-8-4-3-5-9-17/h3-11,16,18,21H,12-15H2,1-2H3,(H,25,26)/t21-/m0/s1. The number of nitrogens with one attached hydrogen (secondary N) is 1. The van der Waals surface area contributed by atoms with Crippen LogP contribution in [0.15, 0.2) is 64.5 Å². The molecule has 2 heterocycles. The second-order valence-electron chi connectivity index (χ2n) is 8.60. The van der Waals surface area contributed by atoms with Crippen LogP contribution in [0, 0.1) is 11.8 Å². The van der Waals surface area contributed by atoms with Gasteiger partial charge < -0.3 is 4.90 Å². The van der Waals surface area contributed by atoms with Crippen LogP contribution in [0.5, 0.6) is 0 Å². The molecule has 0 aliphatic carbocycles. The third-order valence-electron chi connectivity index (χ3n) is 6.05. The van der Waals surface area contributed by atoms with E-state index < -0.39 is 16.1 Å². The quantitative estimate of drug-likeness (QED) is 0.704. The van der Waals surface area contributed by atoms with Gasteiger partial charge in [-0.15, -0.1) is 0 Å². The van der Waals surface area contributed by atoms with Crippen molar-refractivity contribution >= 4 is 27.5 Å². The van der Waals surface area contributed by atoms with E-state index in [0.717, 1.165) is 0 Å². The summed E-state index contributed by atoms with van der Waals surface area (Å²) in [6, 6.07) is 15.2. The van der Waals surface area contributed by atoms with Crippen LogP contribution in [0.2, 0.25) is 0 Å². The second kappa shape index (κ2) is 8.86. The minimum absolute atomic E-state index is 0.0983. The van der Waals surface area contributed by atoms with Crippen molar-refractivity contribution in [1.82, 2.24) is 9.62 Å². The summed E-state index contributed by atoms with van der Waals surface area (Å²) in [6.45, 7) is 4.76. The maximum atomic E-state index is 13.3. The number of Topliss-reactive ketones (excluding diaryl/α,β-unsaturated/α-hetero) is 1. The predicted octanol–water partition coefficient (Wildman–Crippen LogP) is 2.87. The largest absolute Gasteiger partial charge is 0.341 e. The molecule has 1 fully saturated rings. The molecular formula is C24H27N3O4S. The normalized spacial score (nSPS) is 20.1. The molecule has 2 aliphatic heterocycles. The zero-order valence-corrected chi connectivity index (χ0v) is 19.0. The van der Waals surface area contributed by atoms with Gasteiger partial charge in [-0.2, -0.15) is 0 Å². The van der Waals surface area contributed by atoms with Gasteiger partial charge in [0.1, 0.15) is 11.9 Å². The molecule has 8 heteroatoms. The van der Waals surface area contributed by atoms with Crippen LogP contribution in [-0.4, -0.2) is 50.0 Å². The Bertz CT molecular complexity index is 1150. The van der Waals surface area contributed by atoms with E-state index in [1.165, 1.54) is 6.07 Å². The maximum Gasteiger partial charge on any atom is 0.263 e. The number of ketones is 1. The van der Waals surface area contributed by atoms with Crippen LogP contribution in [0.4, 0.5) is 0 Å². The smallest absolute Gasteiger partial charge is 0.263 e. The van der Waals surface area contributed by atoms with Crippen molar-refractivity contribution in [2.45, 2.75) is 37.6 Å². The molecule has 2 aliphatic rings. The van der Waals surface area contributed by atoms with Gasteiger partial charge in [0.2, 0.25) is 5.91 Å². The number of hydrogen-bond acceptors (Lipinski definition) is 5. The molecule has 1 atom stereocenters. The average molecular weight is 454 g/mol. The number of carbonyl (C=O) groups is 2. The first-order valence-corrected chi connectivity index (χ1v) is 12.3. The number of fused-ring (bicyclic) bond motifs is 1. The number of hydrogen-bond donors (Lipinski definition) is 1. The Balaban J connectivity index is 1.49. The Morgan fingerprint density at radius 3 is 2.28 bits per heavy atom. The third-order valence-corrected chi connectivity index (χ3v) is 7.45. The average Bonchev–Trinajstić information content (AvgIpc) is 3.07. The second-order valence-corrected chi connectivity index (χ2v) is 10.2. The number of rotatable bonds is 5. The van der Waals surface area contributed by atoms with E-state index >= 15 is 0 Å². The molecule has 2 aromatic rings. The van der Waals surface area contributed by atoms with E-state index in [4.69, 9.17) is 0 Å². The van der Waals surface area contributed by atoms with Gasteiger partial charge in [0, 0.05) is 30.1 Å². The molecule has 1 saturated heterocycles. The molecular weight excluding hydrogens is 426 g/mol. The summed E-state index contributed by atoms with van der Waals surface area (Å²) in [5.41, 5.74) is 1.19. The number of amides is 1. The molecule has 2 aromatic carbocycles. The molecule has 0 aromatic heterocycles. The Morgan fingerprint density at radius 1 is 1.00 bits per heavy atom. The van der Waals surface area contributed by atoms with E-state index in [1.807, 2.05) is 44.2 Å². The maximum absolute atomic E-state index is 13.3. The van der Waals surface area contributed by atoms with E-state index in [-0.39, 0.29) is 34.3 Å². The lowest BCUT2D eigenvalue weighted by molar-refractivity contribution is -0.134. The summed E-state index contributed by atoms with van der Waals surface area (Å²) in [7, 11) is -3.66. The van der Waals surface area contributed by atoms with Gasteiger partial charge in [0.15, 0.2) is 5.78 Å². The summed E-state index contributed by atoms with van der Waals surface area (Å²) < 4.78 is 27.3. The molecule has 0 saturated carbocycles. The Kier molecular flexibility index (Phi) is 6.15. The highest BCUT2D eigenvalue weighted by molar-refractivity contribution is 7.90. The van der Waals surface area contributed by atoms with Gasteiger partial charge in [-0.3, -0.25) is 19.3 Å². The fourth-order valence-corrected chi connectivity index (χ4v) is 5.48. The van der Waals surface area contributed by atoms with Gasteiger partial charge in [-0.25, -0.2) is 8.42 Å². The molecule has 1 amide bonds. The number of aliphatic imine (C=N–C) groups is 1. The molecule has 7 nitrogen and oxygen atoms in total. The highest BCUT2D eigenvalue weighted by atomic mass is 32.2. The van der Waals surface area contributed by atoms with Gasteiger partial charge in [-0.05, 0) is 30.9 Å².